The Balaban J connectivity index is 2.40. The van der Waals surface area contributed by atoms with Gasteiger partial charge in [-0.2, -0.15) is 0 Å². The zero-order valence-electron chi connectivity index (χ0n) is 7.49. The second-order valence-electron chi connectivity index (χ2n) is 3.48. The van der Waals surface area contributed by atoms with E-state index >= 15 is 0 Å². The van der Waals surface area contributed by atoms with Crippen molar-refractivity contribution in [2.75, 3.05) is 0 Å². The first-order valence-corrected chi connectivity index (χ1v) is 4.55. The molecule has 0 aliphatic carbocycles. The predicted molar refractivity (Wildman–Crippen MR) is 50.4 cm³/mol. The van der Waals surface area contributed by atoms with Gasteiger partial charge in [-0.3, -0.25) is 0 Å². The zero-order chi connectivity index (χ0) is 8.84. The number of nitrogens with zero attached hydrogens (tertiary/aromatic N) is 2. The van der Waals surface area contributed by atoms with E-state index in [1.807, 2.05) is 18.2 Å². The lowest BCUT2D eigenvalue weighted by Gasteiger charge is -2.04. The molecule has 1 unspecified atom stereocenters. The van der Waals surface area contributed by atoms with Crippen molar-refractivity contribution in [2.45, 2.75) is 19.5 Å². The zero-order valence-corrected chi connectivity index (χ0v) is 7.49. The van der Waals surface area contributed by atoms with Crippen LogP contribution in [-0.4, -0.2) is 9.38 Å². The maximum absolute atomic E-state index is 4.54. The molecule has 66 valence electrons. The Kier molecular flexibility index (Phi) is 1.27. The van der Waals surface area contributed by atoms with Crippen LogP contribution in [0, 0.1) is 0 Å². The van der Waals surface area contributed by atoms with Crippen molar-refractivity contribution in [2.24, 2.45) is 0 Å². The molecule has 2 aromatic heterocycles. The summed E-state index contributed by atoms with van der Waals surface area (Å²) in [6.45, 7) is 3.07. The van der Waals surface area contributed by atoms with E-state index in [2.05, 4.69) is 27.8 Å². The highest BCUT2D eigenvalue weighted by molar-refractivity contribution is 5.45. The monoisotopic (exact) mass is 173 g/mol. The molecular formula is C10H11N3. The van der Waals surface area contributed by atoms with Gasteiger partial charge in [-0.25, -0.2) is 4.98 Å². The number of hydrogen-bond donors (Lipinski definition) is 1. The van der Waals surface area contributed by atoms with Crippen molar-refractivity contribution >= 4 is 5.65 Å². The molecule has 2 aromatic rings. The fourth-order valence-corrected chi connectivity index (χ4v) is 2.00. The number of nitrogens with one attached hydrogen (secondary N) is 1. The van der Waals surface area contributed by atoms with Crippen molar-refractivity contribution in [1.29, 1.82) is 0 Å². The van der Waals surface area contributed by atoms with Gasteiger partial charge < -0.3 is 9.72 Å². The fraction of sp³-hybridized carbons (Fsp3) is 0.300. The molecule has 3 heteroatoms. The highest BCUT2D eigenvalue weighted by Gasteiger charge is 2.23. The molecule has 3 rings (SSSR count). The molecule has 0 saturated carbocycles. The smallest absolute Gasteiger partial charge is 0.137 e. The number of fused-ring (bicyclic) bond motifs is 3. The average molecular weight is 173 g/mol. The van der Waals surface area contributed by atoms with E-state index in [4.69, 9.17) is 0 Å². The Morgan fingerprint density at radius 1 is 1.54 bits per heavy atom. The summed E-state index contributed by atoms with van der Waals surface area (Å²) in [7, 11) is 0. The van der Waals surface area contributed by atoms with Crippen molar-refractivity contribution in [3.63, 3.8) is 0 Å². The van der Waals surface area contributed by atoms with Gasteiger partial charge in [0.05, 0.1) is 11.4 Å². The Morgan fingerprint density at radius 2 is 2.46 bits per heavy atom. The maximum atomic E-state index is 4.54. The van der Waals surface area contributed by atoms with E-state index in [-0.39, 0.29) is 0 Å². The molecule has 0 aromatic carbocycles. The normalized spacial score (nSPS) is 20.8. The number of rotatable bonds is 0. The third kappa shape index (κ3) is 0.848. The van der Waals surface area contributed by atoms with E-state index in [1.54, 1.807) is 0 Å². The first kappa shape index (κ1) is 7.09. The van der Waals surface area contributed by atoms with Gasteiger partial charge in [-0.15, -0.1) is 0 Å². The van der Waals surface area contributed by atoms with Crippen LogP contribution >= 0.6 is 0 Å². The Hall–Kier alpha value is -1.35. The summed E-state index contributed by atoms with van der Waals surface area (Å²) in [6, 6.07) is 6.54. The van der Waals surface area contributed by atoms with Gasteiger partial charge in [0, 0.05) is 18.8 Å². The van der Waals surface area contributed by atoms with Crippen molar-refractivity contribution < 1.29 is 0 Å². The standard InChI is InChI=1S/C10H11N3/c1-7-10-8(6-11-7)12-9-4-2-3-5-13(9)10/h2-5,7,11H,6H2,1H3. The molecule has 0 fully saturated rings. The molecule has 13 heavy (non-hydrogen) atoms. The highest BCUT2D eigenvalue weighted by atomic mass is 15.1. The fourth-order valence-electron chi connectivity index (χ4n) is 2.00. The molecule has 1 N–H and O–H groups in total. The quantitative estimate of drug-likeness (QED) is 0.654. The molecule has 0 saturated heterocycles. The molecule has 3 heterocycles. The molecule has 1 aliphatic heterocycles. The summed E-state index contributed by atoms with van der Waals surface area (Å²) in [6.07, 6.45) is 2.07. The topological polar surface area (TPSA) is 29.3 Å². The lowest BCUT2D eigenvalue weighted by Crippen LogP contribution is -2.10. The molecule has 0 bridgehead atoms. The summed E-state index contributed by atoms with van der Waals surface area (Å²) < 4.78 is 2.17. The Bertz CT molecular complexity index is 458. The van der Waals surface area contributed by atoms with E-state index < -0.39 is 0 Å². The van der Waals surface area contributed by atoms with Gasteiger partial charge in [0.2, 0.25) is 0 Å². The van der Waals surface area contributed by atoms with Gasteiger partial charge in [-0.1, -0.05) is 6.07 Å². The second kappa shape index (κ2) is 2.33. The third-order valence-electron chi connectivity index (χ3n) is 2.63. The number of pyridine rings is 1. The van der Waals surface area contributed by atoms with E-state index in [1.165, 1.54) is 11.4 Å². The van der Waals surface area contributed by atoms with Gasteiger partial charge in [0.25, 0.3) is 0 Å². The number of aromatic nitrogens is 2. The van der Waals surface area contributed by atoms with E-state index in [0.29, 0.717) is 6.04 Å². The second-order valence-corrected chi connectivity index (χ2v) is 3.48. The third-order valence-corrected chi connectivity index (χ3v) is 2.63. The van der Waals surface area contributed by atoms with Crippen molar-refractivity contribution in [3.05, 3.63) is 35.8 Å². The SMILES string of the molecule is CC1NCc2nc3ccccn3c21. The van der Waals surface area contributed by atoms with E-state index in [9.17, 15) is 0 Å². The summed E-state index contributed by atoms with van der Waals surface area (Å²) in [5, 5.41) is 3.37. The average Bonchev–Trinajstić information content (AvgIpc) is 2.66. The minimum absolute atomic E-state index is 0.424. The molecule has 0 spiro atoms. The molecule has 1 atom stereocenters. The summed E-state index contributed by atoms with van der Waals surface area (Å²) in [5.74, 6) is 0. The lowest BCUT2D eigenvalue weighted by molar-refractivity contribution is 0.614. The summed E-state index contributed by atoms with van der Waals surface area (Å²) in [5.41, 5.74) is 3.56. The Morgan fingerprint density at radius 3 is 3.38 bits per heavy atom. The number of hydrogen-bond acceptors (Lipinski definition) is 2. The predicted octanol–water partition coefficient (Wildman–Crippen LogP) is 1.50. The summed E-state index contributed by atoms with van der Waals surface area (Å²) in [4.78, 5) is 4.54. The van der Waals surface area contributed by atoms with Crippen LogP contribution in [0.4, 0.5) is 0 Å². The first-order chi connectivity index (χ1) is 6.36. The molecular weight excluding hydrogens is 162 g/mol. The molecule has 0 radical (unpaired) electrons. The van der Waals surface area contributed by atoms with Crippen molar-refractivity contribution in [3.8, 4) is 0 Å². The Labute approximate surface area is 76.4 Å². The van der Waals surface area contributed by atoms with Crippen LogP contribution in [-0.2, 0) is 6.54 Å². The highest BCUT2D eigenvalue weighted by Crippen LogP contribution is 2.25. The van der Waals surface area contributed by atoms with Gasteiger partial charge in [-0.05, 0) is 19.1 Å². The van der Waals surface area contributed by atoms with Crippen LogP contribution in [0.25, 0.3) is 5.65 Å². The van der Waals surface area contributed by atoms with Gasteiger partial charge >= 0.3 is 0 Å². The van der Waals surface area contributed by atoms with Crippen LogP contribution in [0.15, 0.2) is 24.4 Å². The minimum atomic E-state index is 0.424. The van der Waals surface area contributed by atoms with Crippen LogP contribution in [0.2, 0.25) is 0 Å². The molecule has 0 amide bonds. The minimum Gasteiger partial charge on any atom is -0.303 e. The first-order valence-electron chi connectivity index (χ1n) is 4.55. The van der Waals surface area contributed by atoms with E-state index in [0.717, 1.165) is 12.2 Å². The molecule has 1 aliphatic rings. The van der Waals surface area contributed by atoms with Crippen LogP contribution in [0.3, 0.4) is 0 Å². The molecule has 3 nitrogen and oxygen atoms in total. The maximum Gasteiger partial charge on any atom is 0.137 e. The van der Waals surface area contributed by atoms with Crippen LogP contribution < -0.4 is 5.32 Å². The van der Waals surface area contributed by atoms with Gasteiger partial charge in [0.15, 0.2) is 0 Å². The number of imidazole rings is 1. The van der Waals surface area contributed by atoms with Crippen LogP contribution in [0.5, 0.6) is 0 Å². The van der Waals surface area contributed by atoms with Crippen LogP contribution in [0.1, 0.15) is 24.4 Å². The van der Waals surface area contributed by atoms with Gasteiger partial charge in [0.1, 0.15) is 5.65 Å². The van der Waals surface area contributed by atoms with Crippen molar-refractivity contribution in [1.82, 2.24) is 14.7 Å². The summed E-state index contributed by atoms with van der Waals surface area (Å²) >= 11 is 0. The largest absolute Gasteiger partial charge is 0.303 e. The lowest BCUT2D eigenvalue weighted by atomic mass is 10.2.